The van der Waals surface area contributed by atoms with E-state index in [9.17, 15) is 46.0 Å². The van der Waals surface area contributed by atoms with E-state index in [-0.39, 0.29) is 13.0 Å². The summed E-state index contributed by atoms with van der Waals surface area (Å²) in [5.41, 5.74) is 0. The van der Waals surface area contributed by atoms with Crippen LogP contribution in [0.3, 0.4) is 0 Å². The van der Waals surface area contributed by atoms with Crippen molar-refractivity contribution < 1.29 is 74.4 Å². The molecule has 35 heavy (non-hydrogen) atoms. The molecule has 15 atom stereocenters. The highest BCUT2D eigenvalue weighted by Crippen LogP contribution is 2.34. The molecule has 9 rings (SSSR count). The van der Waals surface area contributed by atoms with Crippen LogP contribution in [0.2, 0.25) is 0 Å². The third-order valence-electron chi connectivity index (χ3n) is 6.90. The molecule has 9 aliphatic heterocycles. The second-order valence-corrected chi connectivity index (χ2v) is 9.12. The Labute approximate surface area is 199 Å². The van der Waals surface area contributed by atoms with E-state index in [0.717, 1.165) is 0 Å². The molecule has 9 fully saturated rings. The van der Waals surface area contributed by atoms with Gasteiger partial charge in [0, 0.05) is 6.61 Å². The highest BCUT2D eigenvalue weighted by atomic mass is 16.7. The van der Waals surface area contributed by atoms with Gasteiger partial charge in [0.05, 0.1) is 25.9 Å². The van der Waals surface area contributed by atoms with Gasteiger partial charge >= 0.3 is 0 Å². The largest absolute Gasteiger partial charge is 0.394 e. The minimum absolute atomic E-state index is 0.0191. The van der Waals surface area contributed by atoms with Crippen LogP contribution >= 0.6 is 0 Å². The predicted molar refractivity (Wildman–Crippen MR) is 107 cm³/mol. The van der Waals surface area contributed by atoms with Gasteiger partial charge in [-0.05, 0) is 6.42 Å². The molecule has 0 aromatic carbocycles. The summed E-state index contributed by atoms with van der Waals surface area (Å²) < 4.78 is 33.6. The molecule has 0 saturated carbocycles. The lowest BCUT2D eigenvalue weighted by atomic mass is 9.93. The first-order chi connectivity index (χ1) is 16.7. The van der Waals surface area contributed by atoms with E-state index in [1.165, 1.54) is 0 Å². The number of hydrogen-bond donors (Lipinski definition) is 9. The monoisotopic (exact) mass is 514 g/mol. The molecule has 15 heteroatoms. The highest BCUT2D eigenvalue weighted by molar-refractivity contribution is 4.98. The van der Waals surface area contributed by atoms with Crippen molar-refractivity contribution >= 4 is 0 Å². The van der Waals surface area contributed by atoms with Gasteiger partial charge in [0.25, 0.3) is 0 Å². The molecule has 9 aliphatic rings. The van der Waals surface area contributed by atoms with Gasteiger partial charge in [-0.1, -0.05) is 0 Å². The van der Waals surface area contributed by atoms with E-state index in [0.29, 0.717) is 0 Å². The maximum Gasteiger partial charge on any atom is 0.187 e. The van der Waals surface area contributed by atoms with E-state index in [1.807, 2.05) is 0 Å². The normalized spacial score (nSPS) is 53.6. The molecule has 9 saturated heterocycles. The Morgan fingerprint density at radius 1 is 0.486 bits per heavy atom. The molecule has 9 heterocycles. The molecule has 0 spiro atoms. The number of hydrogen-bond acceptors (Lipinski definition) is 15. The highest BCUT2D eigenvalue weighted by Gasteiger charge is 2.54. The fourth-order valence-electron chi connectivity index (χ4n) is 4.90. The van der Waals surface area contributed by atoms with E-state index in [2.05, 4.69) is 0 Å². The summed E-state index contributed by atoms with van der Waals surface area (Å²) in [6.07, 6.45) is -22.1. The maximum atomic E-state index is 10.7. The van der Waals surface area contributed by atoms with Crippen LogP contribution in [-0.2, 0) is 28.4 Å². The van der Waals surface area contributed by atoms with Crippen molar-refractivity contribution in [3.8, 4) is 0 Å². The van der Waals surface area contributed by atoms with Crippen molar-refractivity contribution in [1.82, 2.24) is 0 Å². The quantitative estimate of drug-likeness (QED) is 0.170. The first-order valence-corrected chi connectivity index (χ1v) is 11.5. The Hall–Kier alpha value is -0.600. The number of rotatable bonds is 3. The van der Waals surface area contributed by atoms with Gasteiger partial charge in [-0.15, -0.1) is 0 Å². The van der Waals surface area contributed by atoms with E-state index in [4.69, 9.17) is 28.4 Å². The summed E-state index contributed by atoms with van der Waals surface area (Å²) in [4.78, 5) is 0. The Morgan fingerprint density at radius 2 is 0.914 bits per heavy atom. The van der Waals surface area contributed by atoms with Gasteiger partial charge in [-0.25, -0.2) is 0 Å². The fraction of sp³-hybridized carbons (Fsp3) is 1.00. The molecule has 0 aromatic rings. The summed E-state index contributed by atoms with van der Waals surface area (Å²) in [7, 11) is 0. The van der Waals surface area contributed by atoms with Crippen molar-refractivity contribution in [2.24, 2.45) is 0 Å². The summed E-state index contributed by atoms with van der Waals surface area (Å²) >= 11 is 0. The zero-order valence-electron chi connectivity index (χ0n) is 18.7. The van der Waals surface area contributed by atoms with Crippen LogP contribution in [0.15, 0.2) is 0 Å². The van der Waals surface area contributed by atoms with Gasteiger partial charge in [0.15, 0.2) is 12.6 Å². The Morgan fingerprint density at radius 3 is 1.43 bits per heavy atom. The van der Waals surface area contributed by atoms with Crippen molar-refractivity contribution in [3.05, 3.63) is 0 Å². The third-order valence-corrected chi connectivity index (χ3v) is 6.90. The lowest BCUT2D eigenvalue weighted by Gasteiger charge is -2.48. The van der Waals surface area contributed by atoms with Crippen molar-refractivity contribution in [2.75, 3.05) is 26.4 Å². The lowest BCUT2D eigenvalue weighted by molar-refractivity contribution is -0.372. The molecule has 0 amide bonds. The van der Waals surface area contributed by atoms with E-state index < -0.39 is 112 Å². The van der Waals surface area contributed by atoms with E-state index in [1.54, 1.807) is 0 Å². The SMILES string of the molecule is OCC1OC2CCOC3C(CO)OC(OC4C(CO)OC(OC1C(O)C2O)C(O)C4O)C(O)C3O. The smallest absolute Gasteiger partial charge is 0.187 e. The van der Waals surface area contributed by atoms with Crippen LogP contribution < -0.4 is 0 Å². The summed E-state index contributed by atoms with van der Waals surface area (Å²) in [5.74, 6) is 0. The minimum Gasteiger partial charge on any atom is -0.394 e. The first-order valence-electron chi connectivity index (χ1n) is 11.5. The second-order valence-electron chi connectivity index (χ2n) is 9.12. The van der Waals surface area contributed by atoms with Crippen LogP contribution in [0.1, 0.15) is 6.42 Å². The zero-order valence-corrected chi connectivity index (χ0v) is 18.7. The first kappa shape index (κ1) is 27.4. The third kappa shape index (κ3) is 5.22. The van der Waals surface area contributed by atoms with Gasteiger partial charge < -0.3 is 74.4 Å². The molecule has 6 bridgehead atoms. The summed E-state index contributed by atoms with van der Waals surface area (Å²) in [6.45, 7) is -2.18. The van der Waals surface area contributed by atoms with Crippen LogP contribution in [0, 0.1) is 0 Å². The Kier molecular flexibility index (Phi) is 8.95. The lowest BCUT2D eigenvalue weighted by Crippen LogP contribution is -2.66. The maximum absolute atomic E-state index is 10.7. The Bertz CT molecular complexity index is 679. The van der Waals surface area contributed by atoms with E-state index >= 15 is 0 Å². The average molecular weight is 514 g/mol. The van der Waals surface area contributed by atoms with Crippen molar-refractivity contribution in [1.29, 1.82) is 0 Å². The van der Waals surface area contributed by atoms with Gasteiger partial charge in [0.1, 0.15) is 73.2 Å². The minimum atomic E-state index is -1.81. The van der Waals surface area contributed by atoms with Crippen LogP contribution in [0.5, 0.6) is 0 Å². The molecular weight excluding hydrogens is 480 g/mol. The van der Waals surface area contributed by atoms with Gasteiger partial charge in [0.2, 0.25) is 0 Å². The zero-order chi connectivity index (χ0) is 25.4. The van der Waals surface area contributed by atoms with Crippen LogP contribution in [0.25, 0.3) is 0 Å². The second kappa shape index (κ2) is 11.4. The fourth-order valence-corrected chi connectivity index (χ4v) is 4.90. The van der Waals surface area contributed by atoms with Gasteiger partial charge in [-0.3, -0.25) is 0 Å². The summed E-state index contributed by atoms with van der Waals surface area (Å²) in [6, 6.07) is 0. The topological polar surface area (TPSA) is 237 Å². The van der Waals surface area contributed by atoms with Crippen molar-refractivity contribution in [2.45, 2.75) is 98.4 Å². The molecule has 9 N–H and O–H groups in total. The molecule has 0 aromatic heterocycles. The average Bonchev–Trinajstić information content (AvgIpc) is 2.86. The molecule has 0 radical (unpaired) electrons. The van der Waals surface area contributed by atoms with Crippen LogP contribution in [0.4, 0.5) is 0 Å². The number of aliphatic hydroxyl groups excluding tert-OH is 9. The summed E-state index contributed by atoms with van der Waals surface area (Å²) in [5, 5.41) is 93.2. The Balaban J connectivity index is 1.68. The molecule has 15 nitrogen and oxygen atoms in total. The predicted octanol–water partition coefficient (Wildman–Crippen LogP) is -6.09. The van der Waals surface area contributed by atoms with Gasteiger partial charge in [-0.2, -0.15) is 0 Å². The van der Waals surface area contributed by atoms with Crippen molar-refractivity contribution in [3.63, 3.8) is 0 Å². The molecule has 15 unspecified atom stereocenters. The molecular formula is C20H34O15. The number of aliphatic hydroxyl groups is 9. The van der Waals surface area contributed by atoms with Crippen LogP contribution in [-0.4, -0.2) is 164 Å². The molecule has 204 valence electrons. The standard InChI is InChI=1S/C20H34O15/c21-3-7-16-12(26)14(28)19(32-7)35-18-9(5-23)33-20(15(29)13(18)27)34-17-8(4-22)31-6(1-2-30-16)10(24)11(17)25/h6-29H,1-5H2. The molecule has 0 aliphatic carbocycles. The number of ether oxygens (including phenoxy) is 6.